The Bertz CT molecular complexity index is 273. The molecule has 2 fully saturated rings. The Kier molecular flexibility index (Phi) is 3.82. The van der Waals surface area contributed by atoms with Crippen LogP contribution in [0.25, 0.3) is 0 Å². The van der Waals surface area contributed by atoms with Crippen LogP contribution in [0, 0.1) is 5.41 Å². The van der Waals surface area contributed by atoms with Gasteiger partial charge in [0.2, 0.25) is 0 Å². The molecular weight excluding hydrogens is 230 g/mol. The molecule has 0 aromatic carbocycles. The van der Waals surface area contributed by atoms with Crippen molar-refractivity contribution in [3.8, 4) is 0 Å². The van der Waals surface area contributed by atoms with Crippen LogP contribution < -0.4 is 5.73 Å². The van der Waals surface area contributed by atoms with Gasteiger partial charge < -0.3 is 10.8 Å². The van der Waals surface area contributed by atoms with Crippen LogP contribution in [0.15, 0.2) is 0 Å². The molecule has 2 aliphatic rings. The summed E-state index contributed by atoms with van der Waals surface area (Å²) in [6.07, 6.45) is 7.20. The Balaban J connectivity index is 2.12. The van der Waals surface area contributed by atoms with E-state index in [-0.39, 0.29) is 5.54 Å². The van der Waals surface area contributed by atoms with E-state index in [2.05, 4.69) is 13.8 Å². The van der Waals surface area contributed by atoms with E-state index in [0.29, 0.717) is 5.41 Å². The van der Waals surface area contributed by atoms with E-state index in [1.54, 1.807) is 0 Å². The van der Waals surface area contributed by atoms with Crippen LogP contribution in [-0.2, 0) is 0 Å². The third-order valence-corrected chi connectivity index (χ3v) is 5.96. The van der Waals surface area contributed by atoms with Crippen molar-refractivity contribution in [1.29, 1.82) is 0 Å². The molecule has 1 saturated heterocycles. The molecular formula is C14H27NOS. The van der Waals surface area contributed by atoms with Crippen LogP contribution in [0.1, 0.15) is 58.8 Å². The Morgan fingerprint density at radius 1 is 0.941 bits per heavy atom. The Morgan fingerprint density at radius 3 is 2.24 bits per heavy atom. The zero-order valence-electron chi connectivity index (χ0n) is 11.3. The molecule has 0 aromatic heterocycles. The van der Waals surface area contributed by atoms with Gasteiger partial charge in [-0.2, -0.15) is 11.8 Å². The van der Waals surface area contributed by atoms with Crippen molar-refractivity contribution >= 4 is 11.8 Å². The first kappa shape index (κ1) is 13.7. The van der Waals surface area contributed by atoms with E-state index in [0.717, 1.165) is 50.0 Å². The highest BCUT2D eigenvalue weighted by Crippen LogP contribution is 2.45. The standard InChI is InChI=1S/C14H27NOS/c1-12(2)4-3-5-14(16,7-6-12)13(15)8-10-17-11-9-13/h16H,3-11,15H2,1-2H3. The largest absolute Gasteiger partial charge is 0.388 e. The van der Waals surface area contributed by atoms with Crippen molar-refractivity contribution in [1.82, 2.24) is 0 Å². The maximum atomic E-state index is 11.0. The van der Waals surface area contributed by atoms with E-state index < -0.39 is 5.60 Å². The molecule has 0 aromatic rings. The summed E-state index contributed by atoms with van der Waals surface area (Å²) in [6, 6.07) is 0. The second-order valence-electron chi connectivity index (χ2n) is 6.82. The monoisotopic (exact) mass is 257 g/mol. The quantitative estimate of drug-likeness (QED) is 0.710. The highest BCUT2D eigenvalue weighted by molar-refractivity contribution is 7.99. The average molecular weight is 257 g/mol. The molecule has 2 rings (SSSR count). The summed E-state index contributed by atoms with van der Waals surface area (Å²) in [6.45, 7) is 4.64. The van der Waals surface area contributed by atoms with Crippen molar-refractivity contribution < 1.29 is 5.11 Å². The van der Waals surface area contributed by atoms with E-state index in [1.807, 2.05) is 11.8 Å². The molecule has 0 amide bonds. The van der Waals surface area contributed by atoms with Gasteiger partial charge in [0, 0.05) is 5.54 Å². The molecule has 1 atom stereocenters. The SMILES string of the molecule is CC1(C)CCCC(O)(C2(N)CCSCC2)CC1. The summed E-state index contributed by atoms with van der Waals surface area (Å²) in [5.74, 6) is 2.23. The van der Waals surface area contributed by atoms with Crippen LogP contribution in [0.2, 0.25) is 0 Å². The van der Waals surface area contributed by atoms with Gasteiger partial charge in [0.05, 0.1) is 5.60 Å². The third-order valence-electron chi connectivity index (χ3n) is 4.97. The number of hydrogen-bond donors (Lipinski definition) is 2. The lowest BCUT2D eigenvalue weighted by molar-refractivity contribution is -0.0541. The summed E-state index contributed by atoms with van der Waals surface area (Å²) in [4.78, 5) is 0. The average Bonchev–Trinajstić information content (AvgIpc) is 2.40. The molecule has 1 saturated carbocycles. The number of rotatable bonds is 1. The van der Waals surface area contributed by atoms with Gasteiger partial charge in [-0.3, -0.25) is 0 Å². The van der Waals surface area contributed by atoms with Crippen molar-refractivity contribution in [2.45, 2.75) is 69.9 Å². The molecule has 0 radical (unpaired) electrons. The lowest BCUT2D eigenvalue weighted by Crippen LogP contribution is -2.62. The number of hydrogen-bond acceptors (Lipinski definition) is 3. The van der Waals surface area contributed by atoms with E-state index in [1.165, 1.54) is 6.42 Å². The Morgan fingerprint density at radius 2 is 1.59 bits per heavy atom. The summed E-state index contributed by atoms with van der Waals surface area (Å²) >= 11 is 1.97. The molecule has 1 aliphatic carbocycles. The molecule has 0 spiro atoms. The smallest absolute Gasteiger partial charge is 0.0827 e. The predicted octanol–water partition coefficient (Wildman–Crippen LogP) is 2.93. The van der Waals surface area contributed by atoms with Crippen LogP contribution in [0.4, 0.5) is 0 Å². The topological polar surface area (TPSA) is 46.2 Å². The second kappa shape index (κ2) is 4.75. The minimum Gasteiger partial charge on any atom is -0.388 e. The van der Waals surface area contributed by atoms with Gasteiger partial charge >= 0.3 is 0 Å². The molecule has 100 valence electrons. The Hall–Kier alpha value is 0.270. The lowest BCUT2D eigenvalue weighted by Gasteiger charge is -2.47. The van der Waals surface area contributed by atoms with Crippen LogP contribution in [0.3, 0.4) is 0 Å². The highest BCUT2D eigenvalue weighted by Gasteiger charge is 2.49. The van der Waals surface area contributed by atoms with Crippen molar-refractivity contribution in [3.63, 3.8) is 0 Å². The first-order chi connectivity index (χ1) is 7.87. The minimum absolute atomic E-state index is 0.321. The van der Waals surface area contributed by atoms with Gasteiger partial charge in [0.25, 0.3) is 0 Å². The number of aliphatic hydroxyl groups is 1. The van der Waals surface area contributed by atoms with Gasteiger partial charge in [0.1, 0.15) is 0 Å². The highest BCUT2D eigenvalue weighted by atomic mass is 32.2. The normalized spacial score (nSPS) is 37.4. The summed E-state index contributed by atoms with van der Waals surface area (Å²) in [5.41, 5.74) is 6.01. The third kappa shape index (κ3) is 2.82. The van der Waals surface area contributed by atoms with Gasteiger partial charge in [-0.15, -0.1) is 0 Å². The number of nitrogens with two attached hydrogens (primary N) is 1. The molecule has 2 nitrogen and oxygen atoms in total. The summed E-state index contributed by atoms with van der Waals surface area (Å²) < 4.78 is 0. The first-order valence-electron chi connectivity index (χ1n) is 6.96. The van der Waals surface area contributed by atoms with Gasteiger partial charge in [-0.25, -0.2) is 0 Å². The van der Waals surface area contributed by atoms with Crippen molar-refractivity contribution in [2.24, 2.45) is 11.1 Å². The van der Waals surface area contributed by atoms with Crippen LogP contribution >= 0.6 is 11.8 Å². The second-order valence-corrected chi connectivity index (χ2v) is 8.04. The van der Waals surface area contributed by atoms with Gasteiger partial charge in [-0.05, 0) is 61.9 Å². The number of thioether (sulfide) groups is 1. The molecule has 1 unspecified atom stereocenters. The van der Waals surface area contributed by atoms with Crippen molar-refractivity contribution in [2.75, 3.05) is 11.5 Å². The fraction of sp³-hybridized carbons (Fsp3) is 1.00. The zero-order chi connectivity index (χ0) is 12.6. The molecule has 1 aliphatic heterocycles. The Labute approximate surface area is 110 Å². The lowest BCUT2D eigenvalue weighted by atomic mass is 9.71. The van der Waals surface area contributed by atoms with Crippen molar-refractivity contribution in [3.05, 3.63) is 0 Å². The predicted molar refractivity (Wildman–Crippen MR) is 75.3 cm³/mol. The van der Waals surface area contributed by atoms with E-state index >= 15 is 0 Å². The fourth-order valence-electron chi connectivity index (χ4n) is 3.35. The maximum absolute atomic E-state index is 11.0. The van der Waals surface area contributed by atoms with Crippen LogP contribution in [0.5, 0.6) is 0 Å². The fourth-order valence-corrected chi connectivity index (χ4v) is 4.57. The minimum atomic E-state index is -0.609. The van der Waals surface area contributed by atoms with Gasteiger partial charge in [-0.1, -0.05) is 13.8 Å². The molecule has 1 heterocycles. The summed E-state index contributed by atoms with van der Waals surface area (Å²) in [5, 5.41) is 11.0. The van der Waals surface area contributed by atoms with E-state index in [4.69, 9.17) is 5.73 Å². The van der Waals surface area contributed by atoms with E-state index in [9.17, 15) is 5.11 Å². The summed E-state index contributed by atoms with van der Waals surface area (Å²) in [7, 11) is 0. The van der Waals surface area contributed by atoms with Crippen LogP contribution in [-0.4, -0.2) is 27.8 Å². The molecule has 3 heteroatoms. The van der Waals surface area contributed by atoms with Gasteiger partial charge in [0.15, 0.2) is 0 Å². The zero-order valence-corrected chi connectivity index (χ0v) is 12.1. The molecule has 3 N–H and O–H groups in total. The molecule has 17 heavy (non-hydrogen) atoms. The maximum Gasteiger partial charge on any atom is 0.0827 e. The molecule has 0 bridgehead atoms. The first-order valence-corrected chi connectivity index (χ1v) is 8.12.